The van der Waals surface area contributed by atoms with Crippen LogP contribution in [0.1, 0.15) is 0 Å². The van der Waals surface area contributed by atoms with Crippen LogP contribution in [-0.4, -0.2) is 63.2 Å². The SMILES string of the molecule is C[NH+](CC(=O)Nc1ccc(F)cc1)CC(=O)N1CCOCC1. The van der Waals surface area contributed by atoms with Gasteiger partial charge in [0.05, 0.1) is 20.3 Å². The Labute approximate surface area is 128 Å². The first-order valence-corrected chi connectivity index (χ1v) is 7.27. The molecule has 1 saturated heterocycles. The first kappa shape index (κ1) is 16.4. The fourth-order valence-electron chi connectivity index (χ4n) is 2.26. The van der Waals surface area contributed by atoms with E-state index in [1.165, 1.54) is 24.3 Å². The van der Waals surface area contributed by atoms with E-state index in [0.717, 1.165) is 4.90 Å². The third kappa shape index (κ3) is 5.09. The molecule has 1 aromatic carbocycles. The number of quaternary nitrogens is 1. The second-order valence-electron chi connectivity index (χ2n) is 5.36. The predicted molar refractivity (Wildman–Crippen MR) is 79.0 cm³/mol. The van der Waals surface area contributed by atoms with Gasteiger partial charge in [-0.05, 0) is 24.3 Å². The van der Waals surface area contributed by atoms with E-state index in [-0.39, 0.29) is 30.7 Å². The number of hydrogen-bond donors (Lipinski definition) is 2. The summed E-state index contributed by atoms with van der Waals surface area (Å²) >= 11 is 0. The van der Waals surface area contributed by atoms with Crippen LogP contribution >= 0.6 is 0 Å². The van der Waals surface area contributed by atoms with Crippen LogP contribution in [0.3, 0.4) is 0 Å². The maximum Gasteiger partial charge on any atom is 0.279 e. The molecule has 0 radical (unpaired) electrons. The standard InChI is InChI=1S/C15H20FN3O3/c1-18(11-15(21)19-6-8-22-9-7-19)10-14(20)17-13-4-2-12(16)3-5-13/h2-5H,6-11H2,1H3,(H,17,20)/p+1. The Morgan fingerprint density at radius 2 is 1.86 bits per heavy atom. The number of rotatable bonds is 5. The Balaban J connectivity index is 1.75. The van der Waals surface area contributed by atoms with E-state index in [2.05, 4.69) is 5.32 Å². The number of morpholine rings is 1. The summed E-state index contributed by atoms with van der Waals surface area (Å²) in [5.41, 5.74) is 0.540. The van der Waals surface area contributed by atoms with Crippen molar-refractivity contribution < 1.29 is 23.6 Å². The average molecular weight is 310 g/mol. The molecule has 1 unspecified atom stereocenters. The number of anilines is 1. The maximum atomic E-state index is 12.8. The molecule has 0 aromatic heterocycles. The van der Waals surface area contributed by atoms with Crippen LogP contribution in [0, 0.1) is 5.82 Å². The van der Waals surface area contributed by atoms with Gasteiger partial charge in [0.2, 0.25) is 0 Å². The summed E-state index contributed by atoms with van der Waals surface area (Å²) < 4.78 is 18.0. The van der Waals surface area contributed by atoms with E-state index < -0.39 is 0 Å². The Hall–Kier alpha value is -1.99. The normalized spacial score (nSPS) is 16.2. The Morgan fingerprint density at radius 1 is 1.23 bits per heavy atom. The van der Waals surface area contributed by atoms with Crippen molar-refractivity contribution in [1.82, 2.24) is 4.90 Å². The van der Waals surface area contributed by atoms with E-state index in [1.807, 2.05) is 0 Å². The minimum Gasteiger partial charge on any atom is -0.378 e. The summed E-state index contributed by atoms with van der Waals surface area (Å²) in [4.78, 5) is 26.5. The monoisotopic (exact) mass is 310 g/mol. The number of ether oxygens (including phenoxy) is 1. The summed E-state index contributed by atoms with van der Waals surface area (Å²) in [6.45, 7) is 2.78. The summed E-state index contributed by atoms with van der Waals surface area (Å²) in [5.74, 6) is -0.536. The van der Waals surface area contributed by atoms with Crippen LogP contribution in [0.15, 0.2) is 24.3 Å². The van der Waals surface area contributed by atoms with Crippen molar-refractivity contribution in [3.8, 4) is 0 Å². The number of amides is 2. The molecule has 1 aliphatic heterocycles. The lowest BCUT2D eigenvalue weighted by Gasteiger charge is -2.27. The van der Waals surface area contributed by atoms with Crippen LogP contribution in [0.5, 0.6) is 0 Å². The average Bonchev–Trinajstić information content (AvgIpc) is 2.50. The summed E-state index contributed by atoms with van der Waals surface area (Å²) in [7, 11) is 1.79. The molecule has 6 nitrogen and oxygen atoms in total. The lowest BCUT2D eigenvalue weighted by atomic mass is 10.3. The highest BCUT2D eigenvalue weighted by Gasteiger charge is 2.21. The molecule has 2 N–H and O–H groups in total. The minimum atomic E-state index is -0.350. The molecule has 1 atom stereocenters. The fourth-order valence-corrected chi connectivity index (χ4v) is 2.26. The number of carbonyl (C=O) groups excluding carboxylic acids is 2. The van der Waals surface area contributed by atoms with Gasteiger partial charge in [-0.1, -0.05) is 0 Å². The molecule has 1 aromatic rings. The second-order valence-corrected chi connectivity index (χ2v) is 5.36. The summed E-state index contributed by atoms with van der Waals surface area (Å²) in [6, 6.07) is 5.57. The zero-order valence-corrected chi connectivity index (χ0v) is 12.6. The molecule has 0 bridgehead atoms. The van der Waals surface area contributed by atoms with Crippen molar-refractivity contribution >= 4 is 17.5 Å². The third-order valence-electron chi connectivity index (χ3n) is 3.41. The lowest BCUT2D eigenvalue weighted by molar-refractivity contribution is -0.862. The number of hydrogen-bond acceptors (Lipinski definition) is 3. The molecule has 2 rings (SSSR count). The molecule has 1 fully saturated rings. The number of nitrogens with one attached hydrogen (secondary N) is 2. The largest absolute Gasteiger partial charge is 0.378 e. The van der Waals surface area contributed by atoms with Gasteiger partial charge in [-0.15, -0.1) is 0 Å². The zero-order chi connectivity index (χ0) is 15.9. The molecule has 22 heavy (non-hydrogen) atoms. The minimum absolute atomic E-state index is 0.0235. The van der Waals surface area contributed by atoms with Crippen LogP contribution in [0.25, 0.3) is 0 Å². The zero-order valence-electron chi connectivity index (χ0n) is 12.6. The van der Waals surface area contributed by atoms with E-state index in [1.54, 1.807) is 11.9 Å². The Morgan fingerprint density at radius 3 is 2.50 bits per heavy atom. The van der Waals surface area contributed by atoms with Gasteiger partial charge in [0, 0.05) is 18.8 Å². The van der Waals surface area contributed by atoms with Crippen molar-refractivity contribution in [2.45, 2.75) is 0 Å². The molecular formula is C15H21FN3O3+. The molecule has 2 amide bonds. The summed E-state index contributed by atoms with van der Waals surface area (Å²) in [5, 5.41) is 2.68. The van der Waals surface area contributed by atoms with Gasteiger partial charge in [-0.3, -0.25) is 9.59 Å². The molecule has 120 valence electrons. The molecule has 0 aliphatic carbocycles. The van der Waals surface area contributed by atoms with Crippen molar-refractivity contribution in [2.75, 3.05) is 51.8 Å². The Bertz CT molecular complexity index is 515. The lowest BCUT2D eigenvalue weighted by Crippen LogP contribution is -3.11. The van der Waals surface area contributed by atoms with Gasteiger partial charge < -0.3 is 19.9 Å². The van der Waals surface area contributed by atoms with Crippen molar-refractivity contribution in [3.05, 3.63) is 30.1 Å². The number of likely N-dealkylation sites (N-methyl/N-ethyl adjacent to an activating group) is 1. The highest BCUT2D eigenvalue weighted by Crippen LogP contribution is 2.07. The smallest absolute Gasteiger partial charge is 0.279 e. The third-order valence-corrected chi connectivity index (χ3v) is 3.41. The molecule has 0 spiro atoms. The molecule has 0 saturated carbocycles. The molecule has 7 heteroatoms. The highest BCUT2D eigenvalue weighted by molar-refractivity contribution is 5.91. The summed E-state index contributed by atoms with van der Waals surface area (Å²) in [6.07, 6.45) is 0. The van der Waals surface area contributed by atoms with E-state index in [9.17, 15) is 14.0 Å². The second kappa shape index (κ2) is 7.86. The van der Waals surface area contributed by atoms with E-state index in [0.29, 0.717) is 32.0 Å². The van der Waals surface area contributed by atoms with E-state index in [4.69, 9.17) is 4.74 Å². The number of halogens is 1. The maximum absolute atomic E-state index is 12.8. The molecular weight excluding hydrogens is 289 g/mol. The first-order chi connectivity index (χ1) is 10.5. The Kier molecular flexibility index (Phi) is 5.85. The topological polar surface area (TPSA) is 63.1 Å². The predicted octanol–water partition coefficient (Wildman–Crippen LogP) is -0.862. The molecule has 1 heterocycles. The van der Waals surface area contributed by atoms with Gasteiger partial charge in [0.15, 0.2) is 13.1 Å². The van der Waals surface area contributed by atoms with Crippen molar-refractivity contribution in [3.63, 3.8) is 0 Å². The van der Waals surface area contributed by atoms with Crippen LogP contribution in [0.2, 0.25) is 0 Å². The van der Waals surface area contributed by atoms with Gasteiger partial charge >= 0.3 is 0 Å². The van der Waals surface area contributed by atoms with Gasteiger partial charge in [0.25, 0.3) is 11.8 Å². The number of carbonyl (C=O) groups is 2. The van der Waals surface area contributed by atoms with Crippen LogP contribution in [0.4, 0.5) is 10.1 Å². The number of benzene rings is 1. The van der Waals surface area contributed by atoms with Crippen LogP contribution in [-0.2, 0) is 14.3 Å². The van der Waals surface area contributed by atoms with Crippen molar-refractivity contribution in [2.24, 2.45) is 0 Å². The van der Waals surface area contributed by atoms with Gasteiger partial charge in [-0.25, -0.2) is 4.39 Å². The van der Waals surface area contributed by atoms with Crippen molar-refractivity contribution in [1.29, 1.82) is 0 Å². The van der Waals surface area contributed by atoms with E-state index >= 15 is 0 Å². The van der Waals surface area contributed by atoms with Gasteiger partial charge in [-0.2, -0.15) is 0 Å². The van der Waals surface area contributed by atoms with Crippen LogP contribution < -0.4 is 10.2 Å². The first-order valence-electron chi connectivity index (χ1n) is 7.27. The fraction of sp³-hybridized carbons (Fsp3) is 0.467. The highest BCUT2D eigenvalue weighted by atomic mass is 19.1. The molecule has 1 aliphatic rings. The number of nitrogens with zero attached hydrogens (tertiary/aromatic N) is 1. The van der Waals surface area contributed by atoms with Gasteiger partial charge in [0.1, 0.15) is 5.82 Å². The quantitative estimate of drug-likeness (QED) is 0.744.